The second-order valence-electron chi connectivity index (χ2n) is 1.86. The molecule has 10 heavy (non-hydrogen) atoms. The van der Waals surface area contributed by atoms with E-state index in [2.05, 4.69) is 0 Å². The van der Waals surface area contributed by atoms with Crippen LogP contribution in [0.1, 0.15) is 0 Å². The third-order valence-corrected chi connectivity index (χ3v) is 1.13. The van der Waals surface area contributed by atoms with Crippen LogP contribution in [0.3, 0.4) is 0 Å². The highest BCUT2D eigenvalue weighted by molar-refractivity contribution is 7.50. The minimum Gasteiger partial charge on any atom is -0.331 e. The number of urea groups is 1. The molecule has 0 fully saturated rings. The van der Waals surface area contributed by atoms with Crippen LogP contribution in [-0.2, 0) is 4.57 Å². The quantitative estimate of drug-likeness (QED) is 0.454. The van der Waals surface area contributed by atoms with E-state index in [0.717, 1.165) is 4.90 Å². The fourth-order valence-corrected chi connectivity index (χ4v) is 0.674. The molecule has 0 radical (unpaired) electrons. The van der Waals surface area contributed by atoms with Crippen molar-refractivity contribution in [2.75, 3.05) is 14.1 Å². The van der Waals surface area contributed by atoms with Gasteiger partial charge in [-0.25, -0.2) is 14.4 Å². The first-order chi connectivity index (χ1) is 4.33. The second kappa shape index (κ2) is 3.01. The number of hydrogen-bond donors (Lipinski definition) is 3. The van der Waals surface area contributed by atoms with E-state index in [1.165, 1.54) is 19.2 Å². The van der Waals surface area contributed by atoms with Gasteiger partial charge in [-0.1, -0.05) is 0 Å². The molecule has 0 aliphatic heterocycles. The van der Waals surface area contributed by atoms with Crippen molar-refractivity contribution in [1.29, 1.82) is 0 Å². The van der Waals surface area contributed by atoms with E-state index in [4.69, 9.17) is 9.79 Å². The first kappa shape index (κ1) is 9.42. The Balaban J connectivity index is 3.94. The summed E-state index contributed by atoms with van der Waals surface area (Å²) < 4.78 is 10.1. The van der Waals surface area contributed by atoms with Crippen molar-refractivity contribution in [3.05, 3.63) is 0 Å². The van der Waals surface area contributed by atoms with Gasteiger partial charge in [0, 0.05) is 14.1 Å². The topological polar surface area (TPSA) is 89.9 Å². The zero-order chi connectivity index (χ0) is 8.36. The van der Waals surface area contributed by atoms with Gasteiger partial charge in [0.05, 0.1) is 0 Å². The molecule has 2 amide bonds. The molecule has 0 spiro atoms. The van der Waals surface area contributed by atoms with Gasteiger partial charge >= 0.3 is 13.8 Å². The maximum atomic E-state index is 10.5. The molecule has 3 N–H and O–H groups in total. The van der Waals surface area contributed by atoms with Gasteiger partial charge in [0.25, 0.3) is 0 Å². The van der Waals surface area contributed by atoms with E-state index in [1.54, 1.807) is 0 Å². The summed E-state index contributed by atoms with van der Waals surface area (Å²) >= 11 is 0. The van der Waals surface area contributed by atoms with Crippen molar-refractivity contribution in [2.24, 2.45) is 0 Å². The van der Waals surface area contributed by atoms with Crippen LogP contribution in [0.25, 0.3) is 0 Å². The fraction of sp³-hybridized carbons (Fsp3) is 0.667. The summed E-state index contributed by atoms with van der Waals surface area (Å²) in [5, 5.41) is 1.47. The Bertz CT molecular complexity index is 173. The summed E-state index contributed by atoms with van der Waals surface area (Å²) in [5.41, 5.74) is 0. The fourth-order valence-electron chi connectivity index (χ4n) is 0.225. The Hall–Kier alpha value is -0.580. The monoisotopic (exact) mass is 168 g/mol. The molecule has 0 aromatic rings. The van der Waals surface area contributed by atoms with Crippen LogP contribution in [0.5, 0.6) is 0 Å². The normalized spacial score (nSPS) is 10.8. The van der Waals surface area contributed by atoms with Gasteiger partial charge < -0.3 is 14.7 Å². The number of carbonyl (C=O) groups is 1. The molecule has 6 nitrogen and oxygen atoms in total. The van der Waals surface area contributed by atoms with Crippen molar-refractivity contribution in [2.45, 2.75) is 0 Å². The molecule has 60 valence electrons. The third kappa shape index (κ3) is 4.31. The number of rotatable bonds is 1. The largest absolute Gasteiger partial charge is 0.431 e. The second-order valence-corrected chi connectivity index (χ2v) is 3.17. The first-order valence-electron chi connectivity index (χ1n) is 2.38. The van der Waals surface area contributed by atoms with Crippen LogP contribution in [0.4, 0.5) is 4.79 Å². The van der Waals surface area contributed by atoms with Gasteiger partial charge in [0.15, 0.2) is 0 Å². The number of nitrogens with zero attached hydrogens (tertiary/aromatic N) is 1. The summed E-state index contributed by atoms with van der Waals surface area (Å²) in [4.78, 5) is 27.9. The average molecular weight is 168 g/mol. The summed E-state index contributed by atoms with van der Waals surface area (Å²) in [6.45, 7) is 0. The predicted octanol–water partition coefficient (Wildman–Crippen LogP) is -0.650. The lowest BCUT2D eigenvalue weighted by molar-refractivity contribution is 0.219. The zero-order valence-electron chi connectivity index (χ0n) is 5.61. The Labute approximate surface area is 58.0 Å². The van der Waals surface area contributed by atoms with Crippen LogP contribution in [0.15, 0.2) is 0 Å². The van der Waals surface area contributed by atoms with Crippen molar-refractivity contribution in [3.63, 3.8) is 0 Å². The Morgan fingerprint density at radius 1 is 1.50 bits per heavy atom. The minimum absolute atomic E-state index is 0.812. The molecule has 0 aliphatic carbocycles. The molecule has 0 bridgehead atoms. The van der Waals surface area contributed by atoms with Crippen LogP contribution in [0, 0.1) is 0 Å². The molecule has 0 rings (SSSR count). The van der Waals surface area contributed by atoms with E-state index in [-0.39, 0.29) is 0 Å². The van der Waals surface area contributed by atoms with Crippen LogP contribution in [0.2, 0.25) is 0 Å². The van der Waals surface area contributed by atoms with E-state index in [9.17, 15) is 9.36 Å². The SMILES string of the molecule is CN(C)C(=O)NP(=O)(O)O. The molecule has 0 saturated carbocycles. The first-order valence-corrected chi connectivity index (χ1v) is 3.99. The maximum Gasteiger partial charge on any atom is 0.431 e. The molecule has 0 aliphatic rings. The average Bonchev–Trinajstić information content (AvgIpc) is 1.60. The highest BCUT2D eigenvalue weighted by Crippen LogP contribution is 2.27. The van der Waals surface area contributed by atoms with Gasteiger partial charge in [-0.2, -0.15) is 0 Å². The third-order valence-electron chi connectivity index (χ3n) is 0.647. The molecule has 0 atom stereocenters. The smallest absolute Gasteiger partial charge is 0.331 e. The van der Waals surface area contributed by atoms with Crippen molar-refractivity contribution >= 4 is 13.8 Å². The van der Waals surface area contributed by atoms with Gasteiger partial charge in [-0.15, -0.1) is 0 Å². The molecule has 7 heteroatoms. The van der Waals surface area contributed by atoms with Crippen LogP contribution >= 0.6 is 7.75 Å². The molecule has 0 saturated heterocycles. The highest BCUT2D eigenvalue weighted by atomic mass is 31.2. The van der Waals surface area contributed by atoms with Crippen molar-refractivity contribution in [1.82, 2.24) is 9.99 Å². The minimum atomic E-state index is -4.42. The number of amides is 2. The Morgan fingerprint density at radius 2 is 1.90 bits per heavy atom. The van der Waals surface area contributed by atoms with E-state index in [0.29, 0.717) is 0 Å². The summed E-state index contributed by atoms with van der Waals surface area (Å²) in [6, 6.07) is -0.812. The van der Waals surface area contributed by atoms with Gasteiger partial charge in [-0.3, -0.25) is 0 Å². The Kier molecular flexibility index (Phi) is 2.83. The standard InChI is InChI=1S/C3H9N2O4P/c1-5(2)3(6)4-10(7,8)9/h1-2H3,(H3,4,6,7,8,9). The summed E-state index contributed by atoms with van der Waals surface area (Å²) in [7, 11) is -1.66. The van der Waals surface area contributed by atoms with Crippen LogP contribution < -0.4 is 5.09 Å². The lowest BCUT2D eigenvalue weighted by Crippen LogP contribution is -2.32. The summed E-state index contributed by atoms with van der Waals surface area (Å²) in [5.74, 6) is 0. The number of hydrogen-bond acceptors (Lipinski definition) is 2. The van der Waals surface area contributed by atoms with Gasteiger partial charge in [0.2, 0.25) is 0 Å². The summed E-state index contributed by atoms with van der Waals surface area (Å²) in [6.07, 6.45) is 0. The molecule has 0 aromatic carbocycles. The van der Waals surface area contributed by atoms with Crippen LogP contribution in [-0.4, -0.2) is 34.8 Å². The molecule has 0 unspecified atom stereocenters. The Morgan fingerprint density at radius 3 is 2.00 bits per heavy atom. The highest BCUT2D eigenvalue weighted by Gasteiger charge is 2.17. The van der Waals surface area contributed by atoms with Gasteiger partial charge in [-0.05, 0) is 0 Å². The number of carbonyl (C=O) groups excluding carboxylic acids is 1. The van der Waals surface area contributed by atoms with Crippen molar-refractivity contribution in [3.8, 4) is 0 Å². The lowest BCUT2D eigenvalue weighted by Gasteiger charge is -2.11. The lowest BCUT2D eigenvalue weighted by atomic mass is 10.9. The van der Waals surface area contributed by atoms with Crippen molar-refractivity contribution < 1.29 is 19.1 Å². The zero-order valence-corrected chi connectivity index (χ0v) is 6.50. The molecule has 0 heterocycles. The molecule has 0 aromatic heterocycles. The van der Waals surface area contributed by atoms with Gasteiger partial charge in [0.1, 0.15) is 0 Å². The van der Waals surface area contributed by atoms with E-state index < -0.39 is 13.8 Å². The molecular weight excluding hydrogens is 159 g/mol. The predicted molar refractivity (Wildman–Crippen MR) is 34.3 cm³/mol. The maximum absolute atomic E-state index is 10.5. The number of nitrogens with one attached hydrogen (secondary N) is 1. The van der Waals surface area contributed by atoms with E-state index in [1.807, 2.05) is 0 Å². The van der Waals surface area contributed by atoms with E-state index >= 15 is 0 Å². The molecular formula is C3H9N2O4P.